The quantitative estimate of drug-likeness (QED) is 0.724. The summed E-state index contributed by atoms with van der Waals surface area (Å²) in [7, 11) is 1.70. The molecular formula is C12H24N2OS. The minimum Gasteiger partial charge on any atom is -0.383 e. The molecule has 1 fully saturated rings. The van der Waals surface area contributed by atoms with Gasteiger partial charge in [-0.05, 0) is 37.4 Å². The maximum Gasteiger partial charge on any atom is 0.166 e. The first kappa shape index (κ1) is 13.7. The van der Waals surface area contributed by atoms with Gasteiger partial charge in [-0.15, -0.1) is 0 Å². The predicted molar refractivity (Wildman–Crippen MR) is 71.6 cm³/mol. The van der Waals surface area contributed by atoms with Gasteiger partial charge < -0.3 is 15.4 Å². The van der Waals surface area contributed by atoms with Crippen LogP contribution < -0.4 is 10.6 Å². The van der Waals surface area contributed by atoms with Crippen molar-refractivity contribution in [3.8, 4) is 0 Å². The number of hydrogen-bond donors (Lipinski definition) is 2. The molecular weight excluding hydrogens is 220 g/mol. The van der Waals surface area contributed by atoms with Crippen LogP contribution in [0.4, 0.5) is 0 Å². The van der Waals surface area contributed by atoms with Crippen LogP contribution in [0.15, 0.2) is 0 Å². The molecule has 0 bridgehead atoms. The second-order valence-corrected chi connectivity index (χ2v) is 5.29. The SMILES string of the molecule is COCC(C)NC(=S)NCC1CCCC1C. The van der Waals surface area contributed by atoms with Gasteiger partial charge >= 0.3 is 0 Å². The summed E-state index contributed by atoms with van der Waals surface area (Å²) in [6, 6.07) is 0.269. The monoisotopic (exact) mass is 244 g/mol. The lowest BCUT2D eigenvalue weighted by atomic mass is 9.98. The summed E-state index contributed by atoms with van der Waals surface area (Å²) in [5.41, 5.74) is 0. The molecule has 1 rings (SSSR count). The normalized spacial score (nSPS) is 26.4. The zero-order chi connectivity index (χ0) is 12.0. The largest absolute Gasteiger partial charge is 0.383 e. The van der Waals surface area contributed by atoms with Gasteiger partial charge in [0, 0.05) is 19.7 Å². The molecule has 1 saturated carbocycles. The van der Waals surface area contributed by atoms with E-state index < -0.39 is 0 Å². The van der Waals surface area contributed by atoms with Crippen molar-refractivity contribution >= 4 is 17.3 Å². The van der Waals surface area contributed by atoms with Crippen molar-refractivity contribution in [1.82, 2.24) is 10.6 Å². The Balaban J connectivity index is 2.14. The smallest absolute Gasteiger partial charge is 0.166 e. The predicted octanol–water partition coefficient (Wildman–Crippen LogP) is 1.92. The van der Waals surface area contributed by atoms with Crippen LogP contribution >= 0.6 is 12.2 Å². The lowest BCUT2D eigenvalue weighted by Gasteiger charge is -2.20. The van der Waals surface area contributed by atoms with E-state index in [-0.39, 0.29) is 6.04 Å². The standard InChI is InChI=1S/C12H24N2OS/c1-9-5-4-6-11(9)7-13-12(16)14-10(2)8-15-3/h9-11H,4-8H2,1-3H3,(H2,13,14,16). The fourth-order valence-corrected chi connectivity index (χ4v) is 2.60. The Labute approximate surface area is 104 Å². The van der Waals surface area contributed by atoms with Crippen molar-refractivity contribution in [1.29, 1.82) is 0 Å². The third kappa shape index (κ3) is 4.66. The Kier molecular flexibility index (Phi) is 6.06. The molecule has 0 amide bonds. The van der Waals surface area contributed by atoms with Crippen LogP contribution in [0, 0.1) is 11.8 Å². The summed E-state index contributed by atoms with van der Waals surface area (Å²) < 4.78 is 5.05. The number of rotatable bonds is 5. The average Bonchev–Trinajstić information content (AvgIpc) is 2.61. The van der Waals surface area contributed by atoms with Crippen LogP contribution in [-0.2, 0) is 4.74 Å². The van der Waals surface area contributed by atoms with Gasteiger partial charge in [0.05, 0.1) is 6.61 Å². The molecule has 0 aromatic carbocycles. The summed E-state index contributed by atoms with van der Waals surface area (Å²) in [5.74, 6) is 1.63. The average molecular weight is 244 g/mol. The molecule has 4 heteroatoms. The van der Waals surface area contributed by atoms with E-state index >= 15 is 0 Å². The van der Waals surface area contributed by atoms with Crippen LogP contribution in [-0.4, -0.2) is 31.4 Å². The number of nitrogens with one attached hydrogen (secondary N) is 2. The Morgan fingerprint density at radius 3 is 2.81 bits per heavy atom. The van der Waals surface area contributed by atoms with Gasteiger partial charge in [0.15, 0.2) is 5.11 Å². The molecule has 0 aromatic rings. The van der Waals surface area contributed by atoms with Gasteiger partial charge in [-0.1, -0.05) is 19.8 Å². The van der Waals surface area contributed by atoms with Crippen molar-refractivity contribution in [2.45, 2.75) is 39.2 Å². The van der Waals surface area contributed by atoms with Gasteiger partial charge in [-0.25, -0.2) is 0 Å². The van der Waals surface area contributed by atoms with E-state index in [1.165, 1.54) is 19.3 Å². The Morgan fingerprint density at radius 1 is 1.50 bits per heavy atom. The lowest BCUT2D eigenvalue weighted by Crippen LogP contribution is -2.44. The zero-order valence-corrected chi connectivity index (χ0v) is 11.4. The zero-order valence-electron chi connectivity index (χ0n) is 10.6. The second kappa shape index (κ2) is 7.07. The van der Waals surface area contributed by atoms with Gasteiger partial charge in [0.25, 0.3) is 0 Å². The first-order valence-electron chi connectivity index (χ1n) is 6.16. The van der Waals surface area contributed by atoms with E-state index in [4.69, 9.17) is 17.0 Å². The molecule has 2 N–H and O–H groups in total. The molecule has 0 radical (unpaired) electrons. The summed E-state index contributed by atoms with van der Waals surface area (Å²) in [6.45, 7) is 6.09. The van der Waals surface area contributed by atoms with Crippen molar-refractivity contribution < 1.29 is 4.74 Å². The second-order valence-electron chi connectivity index (χ2n) is 4.88. The minimum atomic E-state index is 0.269. The Bertz CT molecular complexity index is 223. The number of methoxy groups -OCH3 is 1. The molecule has 0 saturated heterocycles. The number of thiocarbonyl (C=S) groups is 1. The molecule has 1 aliphatic carbocycles. The van der Waals surface area contributed by atoms with Crippen LogP contribution in [0.2, 0.25) is 0 Å². The van der Waals surface area contributed by atoms with Crippen molar-refractivity contribution in [3.63, 3.8) is 0 Å². The number of ether oxygens (including phenoxy) is 1. The van der Waals surface area contributed by atoms with Crippen molar-refractivity contribution in [2.75, 3.05) is 20.3 Å². The van der Waals surface area contributed by atoms with Crippen molar-refractivity contribution in [3.05, 3.63) is 0 Å². The fraction of sp³-hybridized carbons (Fsp3) is 0.917. The summed E-state index contributed by atoms with van der Waals surface area (Å²) >= 11 is 5.24. The van der Waals surface area contributed by atoms with E-state index in [1.807, 2.05) is 0 Å². The first-order valence-corrected chi connectivity index (χ1v) is 6.57. The van der Waals surface area contributed by atoms with Crippen LogP contribution in [0.5, 0.6) is 0 Å². The van der Waals surface area contributed by atoms with Gasteiger partial charge in [-0.3, -0.25) is 0 Å². The van der Waals surface area contributed by atoms with E-state index in [0.717, 1.165) is 23.5 Å². The van der Waals surface area contributed by atoms with Gasteiger partial charge in [-0.2, -0.15) is 0 Å². The summed E-state index contributed by atoms with van der Waals surface area (Å²) in [5, 5.41) is 7.28. The summed E-state index contributed by atoms with van der Waals surface area (Å²) in [6.07, 6.45) is 4.07. The summed E-state index contributed by atoms with van der Waals surface area (Å²) in [4.78, 5) is 0. The minimum absolute atomic E-state index is 0.269. The third-order valence-electron chi connectivity index (χ3n) is 3.36. The van der Waals surface area contributed by atoms with Crippen LogP contribution in [0.1, 0.15) is 33.1 Å². The molecule has 0 aromatic heterocycles. The van der Waals surface area contributed by atoms with E-state index in [9.17, 15) is 0 Å². The lowest BCUT2D eigenvalue weighted by molar-refractivity contribution is 0.179. The molecule has 3 unspecified atom stereocenters. The molecule has 0 heterocycles. The molecule has 0 aliphatic heterocycles. The highest BCUT2D eigenvalue weighted by molar-refractivity contribution is 7.80. The molecule has 0 spiro atoms. The molecule has 16 heavy (non-hydrogen) atoms. The van der Waals surface area contributed by atoms with Crippen LogP contribution in [0.3, 0.4) is 0 Å². The van der Waals surface area contributed by atoms with E-state index in [1.54, 1.807) is 7.11 Å². The van der Waals surface area contributed by atoms with Crippen molar-refractivity contribution in [2.24, 2.45) is 11.8 Å². The maximum atomic E-state index is 5.24. The molecule has 3 atom stereocenters. The molecule has 3 nitrogen and oxygen atoms in total. The van der Waals surface area contributed by atoms with Crippen LogP contribution in [0.25, 0.3) is 0 Å². The van der Waals surface area contributed by atoms with Gasteiger partial charge in [0.2, 0.25) is 0 Å². The van der Waals surface area contributed by atoms with E-state index in [2.05, 4.69) is 24.5 Å². The number of hydrogen-bond acceptors (Lipinski definition) is 2. The molecule has 1 aliphatic rings. The first-order chi connectivity index (χ1) is 7.63. The Hall–Kier alpha value is -0.350. The topological polar surface area (TPSA) is 33.3 Å². The Morgan fingerprint density at radius 2 is 2.25 bits per heavy atom. The highest BCUT2D eigenvalue weighted by Crippen LogP contribution is 2.30. The van der Waals surface area contributed by atoms with E-state index in [0.29, 0.717) is 6.61 Å². The third-order valence-corrected chi connectivity index (χ3v) is 3.62. The maximum absolute atomic E-state index is 5.24. The highest BCUT2D eigenvalue weighted by atomic mass is 32.1. The highest BCUT2D eigenvalue weighted by Gasteiger charge is 2.23. The fourth-order valence-electron chi connectivity index (χ4n) is 2.32. The van der Waals surface area contributed by atoms with Gasteiger partial charge in [0.1, 0.15) is 0 Å². The molecule has 94 valence electrons.